The Bertz CT molecular complexity index is 162. The highest BCUT2D eigenvalue weighted by molar-refractivity contribution is 5.65. The lowest BCUT2D eigenvalue weighted by molar-refractivity contribution is 0.167. The fraction of sp³-hybridized carbons (Fsp3) is 0.833. The van der Waals surface area contributed by atoms with E-state index in [1.165, 1.54) is 12.8 Å². The average Bonchev–Trinajstić information content (AvgIpc) is 2.54. The third-order valence-electron chi connectivity index (χ3n) is 2.37. The summed E-state index contributed by atoms with van der Waals surface area (Å²) in [7, 11) is 0. The van der Waals surface area contributed by atoms with Crippen LogP contribution in [0.5, 0.6) is 0 Å². The van der Waals surface area contributed by atoms with Crippen molar-refractivity contribution in [2.24, 2.45) is 5.41 Å². The Kier molecular flexibility index (Phi) is 0.693. The summed E-state index contributed by atoms with van der Waals surface area (Å²) in [4.78, 5) is 9.94. The first-order valence-corrected chi connectivity index (χ1v) is 3.20. The highest BCUT2D eigenvalue weighted by Gasteiger charge is 2.63. The number of hydrogen-bond donors (Lipinski definition) is 1. The lowest BCUT2D eigenvalue weighted by Gasteiger charge is -1.91. The zero-order valence-corrected chi connectivity index (χ0v) is 5.02. The van der Waals surface area contributed by atoms with Gasteiger partial charge in [0.25, 0.3) is 0 Å². The highest BCUT2D eigenvalue weighted by atomic mass is 16.4. The molecule has 0 aromatic heterocycles. The summed E-state index contributed by atoms with van der Waals surface area (Å²) >= 11 is 0. The van der Waals surface area contributed by atoms with Gasteiger partial charge in [-0.05, 0) is 24.7 Å². The molecule has 1 radical (unpaired) electrons. The second kappa shape index (κ2) is 1.23. The van der Waals surface area contributed by atoms with Crippen LogP contribution in [0.2, 0.25) is 0 Å². The van der Waals surface area contributed by atoms with Crippen molar-refractivity contribution in [1.29, 1.82) is 0 Å². The number of hydrogen-bond acceptors (Lipinski definition) is 1. The zero-order chi connectivity index (χ0) is 6.48. The minimum absolute atomic E-state index is 0.238. The van der Waals surface area contributed by atoms with Crippen molar-refractivity contribution in [3.05, 3.63) is 0 Å². The SMILES string of the molecule is [O]C(=O)N[C@@H]1CC12CC2. The van der Waals surface area contributed by atoms with E-state index in [2.05, 4.69) is 5.32 Å². The predicted molar refractivity (Wildman–Crippen MR) is 29.3 cm³/mol. The Balaban J connectivity index is 1.84. The van der Waals surface area contributed by atoms with Crippen LogP contribution in [-0.4, -0.2) is 12.1 Å². The highest BCUT2D eigenvalue weighted by Crippen LogP contribution is 2.65. The summed E-state index contributed by atoms with van der Waals surface area (Å²) in [5, 5.41) is 12.3. The van der Waals surface area contributed by atoms with E-state index >= 15 is 0 Å². The van der Waals surface area contributed by atoms with E-state index in [-0.39, 0.29) is 6.04 Å². The minimum Gasteiger partial charge on any atom is -0.315 e. The summed E-state index contributed by atoms with van der Waals surface area (Å²) in [6.45, 7) is 0. The summed E-state index contributed by atoms with van der Waals surface area (Å²) in [6.07, 6.45) is 2.33. The van der Waals surface area contributed by atoms with Gasteiger partial charge in [-0.3, -0.25) is 0 Å². The lowest BCUT2D eigenvalue weighted by atomic mass is 10.4. The van der Waals surface area contributed by atoms with Gasteiger partial charge >= 0.3 is 6.09 Å². The molecule has 0 heterocycles. The third kappa shape index (κ3) is 0.677. The quantitative estimate of drug-likeness (QED) is 0.551. The van der Waals surface area contributed by atoms with Gasteiger partial charge in [0.2, 0.25) is 0 Å². The van der Waals surface area contributed by atoms with Gasteiger partial charge in [0.15, 0.2) is 0 Å². The monoisotopic (exact) mass is 126 g/mol. The van der Waals surface area contributed by atoms with Crippen LogP contribution in [0, 0.1) is 5.41 Å². The maximum absolute atomic E-state index is 9.94. The zero-order valence-electron chi connectivity index (χ0n) is 5.02. The van der Waals surface area contributed by atoms with E-state index in [9.17, 15) is 9.90 Å². The molecule has 1 amide bonds. The first kappa shape index (κ1) is 5.09. The normalized spacial score (nSPS) is 34.0. The number of nitrogens with one attached hydrogen (secondary N) is 1. The molecule has 49 valence electrons. The van der Waals surface area contributed by atoms with E-state index in [1.54, 1.807) is 0 Å². The molecule has 2 aliphatic rings. The van der Waals surface area contributed by atoms with Gasteiger partial charge in [0, 0.05) is 6.04 Å². The lowest BCUT2D eigenvalue weighted by Crippen LogP contribution is -2.23. The molecule has 3 nitrogen and oxygen atoms in total. The van der Waals surface area contributed by atoms with Crippen LogP contribution in [0.15, 0.2) is 0 Å². The van der Waals surface area contributed by atoms with Crippen LogP contribution < -0.4 is 5.32 Å². The van der Waals surface area contributed by atoms with Crippen LogP contribution in [0.25, 0.3) is 0 Å². The van der Waals surface area contributed by atoms with Gasteiger partial charge in [-0.2, -0.15) is 0 Å². The molecule has 1 N–H and O–H groups in total. The van der Waals surface area contributed by atoms with Crippen LogP contribution in [0.4, 0.5) is 4.79 Å². The maximum atomic E-state index is 9.94. The van der Waals surface area contributed by atoms with E-state index in [1.807, 2.05) is 0 Å². The molecule has 2 saturated carbocycles. The molecule has 0 aromatic carbocycles. The Hall–Kier alpha value is -0.730. The molecule has 2 rings (SSSR count). The first-order valence-electron chi connectivity index (χ1n) is 3.20. The Morgan fingerprint density at radius 3 is 2.56 bits per heavy atom. The number of amides is 1. The van der Waals surface area contributed by atoms with Crippen molar-refractivity contribution in [2.45, 2.75) is 25.3 Å². The van der Waals surface area contributed by atoms with Gasteiger partial charge in [-0.25, -0.2) is 9.90 Å². The van der Waals surface area contributed by atoms with Gasteiger partial charge in [0.1, 0.15) is 0 Å². The fourth-order valence-electron chi connectivity index (χ4n) is 1.41. The molecule has 3 heteroatoms. The van der Waals surface area contributed by atoms with Crippen molar-refractivity contribution in [3.8, 4) is 0 Å². The van der Waals surface area contributed by atoms with Crippen molar-refractivity contribution < 1.29 is 9.90 Å². The predicted octanol–water partition coefficient (Wildman–Crippen LogP) is 0.679. The van der Waals surface area contributed by atoms with Crippen molar-refractivity contribution in [3.63, 3.8) is 0 Å². The smallest absolute Gasteiger partial charge is 0.315 e. The Morgan fingerprint density at radius 1 is 1.56 bits per heavy atom. The molecule has 1 spiro atoms. The average molecular weight is 126 g/mol. The molecule has 9 heavy (non-hydrogen) atoms. The van der Waals surface area contributed by atoms with Gasteiger partial charge in [0.05, 0.1) is 0 Å². The van der Waals surface area contributed by atoms with Gasteiger partial charge in [-0.1, -0.05) is 0 Å². The minimum atomic E-state index is -1.12. The second-order valence-corrected chi connectivity index (χ2v) is 3.05. The van der Waals surface area contributed by atoms with Gasteiger partial charge < -0.3 is 5.32 Å². The van der Waals surface area contributed by atoms with Crippen molar-refractivity contribution in [1.82, 2.24) is 5.32 Å². The van der Waals surface area contributed by atoms with Crippen molar-refractivity contribution >= 4 is 6.09 Å². The first-order chi connectivity index (χ1) is 4.23. The maximum Gasteiger partial charge on any atom is 0.450 e. The Labute approximate surface area is 53.1 Å². The van der Waals surface area contributed by atoms with E-state index < -0.39 is 6.09 Å². The standard InChI is InChI=1S/C6H8NO2/c8-5(9)7-4-3-6(4)1-2-6/h4,7H,1-3H2/t4-/m1/s1. The molecule has 0 aliphatic heterocycles. The van der Waals surface area contributed by atoms with Crippen LogP contribution in [0.1, 0.15) is 19.3 Å². The molecule has 0 aromatic rings. The Morgan fingerprint density at radius 2 is 2.22 bits per heavy atom. The summed E-state index contributed by atoms with van der Waals surface area (Å²) in [5.74, 6) is 0. The van der Waals surface area contributed by atoms with Crippen molar-refractivity contribution in [2.75, 3.05) is 0 Å². The van der Waals surface area contributed by atoms with E-state index in [0.717, 1.165) is 6.42 Å². The van der Waals surface area contributed by atoms with Crippen LogP contribution >= 0.6 is 0 Å². The summed E-state index contributed by atoms with van der Waals surface area (Å²) in [5.41, 5.74) is 0.417. The van der Waals surface area contributed by atoms with Crippen LogP contribution in [-0.2, 0) is 5.11 Å². The topological polar surface area (TPSA) is 49.0 Å². The molecule has 2 aliphatic carbocycles. The molecular formula is C6H8NO2. The molecule has 0 saturated heterocycles. The second-order valence-electron chi connectivity index (χ2n) is 3.05. The molecule has 1 atom stereocenters. The number of carbonyl (C=O) groups is 1. The molecule has 0 unspecified atom stereocenters. The fourth-order valence-corrected chi connectivity index (χ4v) is 1.41. The van der Waals surface area contributed by atoms with Gasteiger partial charge in [-0.15, -0.1) is 0 Å². The summed E-state index contributed by atoms with van der Waals surface area (Å²) < 4.78 is 0. The largest absolute Gasteiger partial charge is 0.450 e. The third-order valence-corrected chi connectivity index (χ3v) is 2.37. The summed E-state index contributed by atoms with van der Waals surface area (Å²) in [6, 6.07) is 0.238. The number of rotatable bonds is 1. The van der Waals surface area contributed by atoms with E-state index in [0.29, 0.717) is 5.41 Å². The van der Waals surface area contributed by atoms with Crippen LogP contribution in [0.3, 0.4) is 0 Å². The van der Waals surface area contributed by atoms with E-state index in [4.69, 9.17) is 0 Å². The number of carbonyl (C=O) groups excluding carboxylic acids is 1. The molecular weight excluding hydrogens is 118 g/mol. The molecule has 0 bridgehead atoms. The molecule has 2 fully saturated rings.